The lowest BCUT2D eigenvalue weighted by Crippen LogP contribution is -2.31. The van der Waals surface area contributed by atoms with Crippen LogP contribution < -0.4 is 5.32 Å². The Bertz CT molecular complexity index is 681. The largest absolute Gasteiger partial charge is 0.310 e. The lowest BCUT2D eigenvalue weighted by molar-refractivity contribution is -0.117. The molecule has 6 heteroatoms. The Labute approximate surface area is 152 Å². The fourth-order valence-electron chi connectivity index (χ4n) is 2.19. The van der Waals surface area contributed by atoms with Crippen molar-refractivity contribution in [2.45, 2.75) is 18.2 Å². The van der Waals surface area contributed by atoms with Gasteiger partial charge in [-0.15, -0.1) is 11.8 Å². The number of halogens is 1. The number of benzene rings is 1. The molecule has 1 aromatic carbocycles. The van der Waals surface area contributed by atoms with E-state index in [4.69, 9.17) is 11.6 Å². The van der Waals surface area contributed by atoms with Gasteiger partial charge in [-0.05, 0) is 62.5 Å². The Hall–Kier alpha value is -1.56. The third kappa shape index (κ3) is 6.51. The van der Waals surface area contributed by atoms with Crippen LogP contribution in [0.2, 0.25) is 5.02 Å². The number of thioether (sulfide) groups is 1. The number of hydrogen-bond donors (Lipinski definition) is 1. The second kappa shape index (κ2) is 9.67. The number of likely N-dealkylation sites (N-methyl/N-ethyl adjacent to an activating group) is 1. The number of aromatic nitrogens is 1. The van der Waals surface area contributed by atoms with Crippen LogP contribution in [0.15, 0.2) is 47.5 Å². The first kappa shape index (κ1) is 18.8. The normalized spacial score (nSPS) is 10.8. The zero-order chi connectivity index (χ0) is 17.4. The molecule has 1 aromatic heterocycles. The first-order chi connectivity index (χ1) is 11.5. The molecule has 0 atom stereocenters. The van der Waals surface area contributed by atoms with Gasteiger partial charge in [0.15, 0.2) is 0 Å². The molecule has 0 aliphatic heterocycles. The summed E-state index contributed by atoms with van der Waals surface area (Å²) in [7, 11) is 1.95. The lowest BCUT2D eigenvalue weighted by Gasteiger charge is -2.16. The molecular formula is C18H22ClN3OS. The van der Waals surface area contributed by atoms with Crippen LogP contribution in [-0.2, 0) is 4.79 Å². The van der Waals surface area contributed by atoms with Gasteiger partial charge in [0.25, 0.3) is 0 Å². The summed E-state index contributed by atoms with van der Waals surface area (Å²) in [5.41, 5.74) is 1.07. The van der Waals surface area contributed by atoms with E-state index in [2.05, 4.69) is 10.3 Å². The van der Waals surface area contributed by atoms with E-state index in [0.717, 1.165) is 34.2 Å². The SMILES string of the molecule is Cc1ccnc(NC(=O)CN(C)CCCSc2ccccc2Cl)c1. The van der Waals surface area contributed by atoms with E-state index >= 15 is 0 Å². The fourth-order valence-corrected chi connectivity index (χ4v) is 3.36. The summed E-state index contributed by atoms with van der Waals surface area (Å²) in [4.78, 5) is 19.3. The van der Waals surface area contributed by atoms with Gasteiger partial charge in [-0.1, -0.05) is 23.7 Å². The van der Waals surface area contributed by atoms with Gasteiger partial charge in [-0.3, -0.25) is 9.69 Å². The summed E-state index contributed by atoms with van der Waals surface area (Å²) in [6.45, 7) is 3.18. The molecule has 2 rings (SSSR count). The predicted molar refractivity (Wildman–Crippen MR) is 102 cm³/mol. The Balaban J connectivity index is 1.66. The molecule has 1 N–H and O–H groups in total. The van der Waals surface area contributed by atoms with Crippen molar-refractivity contribution < 1.29 is 4.79 Å². The molecule has 0 aliphatic carbocycles. The highest BCUT2D eigenvalue weighted by Crippen LogP contribution is 2.26. The lowest BCUT2D eigenvalue weighted by atomic mass is 10.3. The van der Waals surface area contributed by atoms with Crippen molar-refractivity contribution in [3.8, 4) is 0 Å². The third-order valence-electron chi connectivity index (χ3n) is 3.37. The summed E-state index contributed by atoms with van der Waals surface area (Å²) in [5, 5.41) is 3.62. The Morgan fingerprint density at radius 2 is 2.12 bits per heavy atom. The number of carbonyl (C=O) groups excluding carboxylic acids is 1. The highest BCUT2D eigenvalue weighted by atomic mass is 35.5. The van der Waals surface area contributed by atoms with Crippen molar-refractivity contribution in [1.82, 2.24) is 9.88 Å². The number of aryl methyl sites for hydroxylation is 1. The summed E-state index contributed by atoms with van der Waals surface area (Å²) in [5.74, 6) is 1.52. The van der Waals surface area contributed by atoms with Gasteiger partial charge in [0, 0.05) is 11.1 Å². The van der Waals surface area contributed by atoms with Crippen molar-refractivity contribution in [2.75, 3.05) is 31.2 Å². The zero-order valence-corrected chi connectivity index (χ0v) is 15.5. The molecule has 0 bridgehead atoms. The minimum Gasteiger partial charge on any atom is -0.310 e. The highest BCUT2D eigenvalue weighted by molar-refractivity contribution is 7.99. The number of carbonyl (C=O) groups is 1. The summed E-state index contributed by atoms with van der Waals surface area (Å²) in [6.07, 6.45) is 2.68. The van der Waals surface area contributed by atoms with Crippen molar-refractivity contribution in [1.29, 1.82) is 0 Å². The zero-order valence-electron chi connectivity index (χ0n) is 14.0. The number of nitrogens with zero attached hydrogens (tertiary/aromatic N) is 2. The Kier molecular flexibility index (Phi) is 7.56. The first-order valence-corrected chi connectivity index (χ1v) is 9.19. The van der Waals surface area contributed by atoms with E-state index in [0.29, 0.717) is 12.4 Å². The predicted octanol–water partition coefficient (Wildman–Crippen LogP) is 4.10. The van der Waals surface area contributed by atoms with Crippen molar-refractivity contribution in [2.24, 2.45) is 0 Å². The van der Waals surface area contributed by atoms with Gasteiger partial charge in [0.05, 0.1) is 11.6 Å². The van der Waals surface area contributed by atoms with E-state index in [9.17, 15) is 4.79 Å². The molecule has 0 radical (unpaired) electrons. The molecule has 128 valence electrons. The van der Waals surface area contributed by atoms with Crippen LogP contribution in [0.4, 0.5) is 5.82 Å². The number of hydrogen-bond acceptors (Lipinski definition) is 4. The molecule has 0 spiro atoms. The second-order valence-electron chi connectivity index (χ2n) is 5.64. The molecule has 2 aromatic rings. The van der Waals surface area contributed by atoms with E-state index < -0.39 is 0 Å². The van der Waals surface area contributed by atoms with E-state index in [1.165, 1.54) is 0 Å². The average Bonchev–Trinajstić information content (AvgIpc) is 2.53. The molecule has 0 saturated heterocycles. The second-order valence-corrected chi connectivity index (χ2v) is 7.18. The van der Waals surface area contributed by atoms with Gasteiger partial charge in [-0.25, -0.2) is 4.98 Å². The maximum absolute atomic E-state index is 12.0. The average molecular weight is 364 g/mol. The molecule has 0 fully saturated rings. The molecular weight excluding hydrogens is 342 g/mol. The standard InChI is InChI=1S/C18H22ClN3OS/c1-14-8-9-20-17(12-14)21-18(23)13-22(2)10-5-11-24-16-7-4-3-6-15(16)19/h3-4,6-9,12H,5,10-11,13H2,1-2H3,(H,20,21,23). The van der Waals surface area contributed by atoms with Gasteiger partial charge in [0.1, 0.15) is 5.82 Å². The van der Waals surface area contributed by atoms with Crippen molar-refractivity contribution >= 4 is 35.1 Å². The van der Waals surface area contributed by atoms with Crippen molar-refractivity contribution in [3.05, 3.63) is 53.2 Å². The Morgan fingerprint density at radius 3 is 2.88 bits per heavy atom. The maximum Gasteiger partial charge on any atom is 0.239 e. The van der Waals surface area contributed by atoms with Gasteiger partial charge < -0.3 is 5.32 Å². The van der Waals surface area contributed by atoms with E-state index in [1.807, 2.05) is 55.3 Å². The fraction of sp³-hybridized carbons (Fsp3) is 0.333. The first-order valence-electron chi connectivity index (χ1n) is 7.83. The van der Waals surface area contributed by atoms with Gasteiger partial charge in [-0.2, -0.15) is 0 Å². The van der Waals surface area contributed by atoms with Crippen LogP contribution in [0.5, 0.6) is 0 Å². The van der Waals surface area contributed by atoms with Gasteiger partial charge >= 0.3 is 0 Å². The Morgan fingerprint density at radius 1 is 1.33 bits per heavy atom. The number of anilines is 1. The number of rotatable bonds is 8. The van der Waals surface area contributed by atoms with Crippen LogP contribution in [0, 0.1) is 6.92 Å². The van der Waals surface area contributed by atoms with Gasteiger partial charge in [0.2, 0.25) is 5.91 Å². The van der Waals surface area contributed by atoms with Crippen LogP contribution in [0.25, 0.3) is 0 Å². The number of pyridine rings is 1. The minimum atomic E-state index is -0.0469. The number of nitrogens with one attached hydrogen (secondary N) is 1. The van der Waals surface area contributed by atoms with Crippen LogP contribution in [0.3, 0.4) is 0 Å². The maximum atomic E-state index is 12.0. The topological polar surface area (TPSA) is 45.2 Å². The molecule has 4 nitrogen and oxygen atoms in total. The smallest absolute Gasteiger partial charge is 0.239 e. The molecule has 1 amide bonds. The summed E-state index contributed by atoms with van der Waals surface area (Å²) in [6, 6.07) is 11.6. The molecule has 0 aliphatic rings. The number of amides is 1. The van der Waals surface area contributed by atoms with Crippen LogP contribution in [-0.4, -0.2) is 41.7 Å². The minimum absolute atomic E-state index is 0.0469. The molecule has 0 saturated carbocycles. The van der Waals surface area contributed by atoms with Crippen LogP contribution >= 0.6 is 23.4 Å². The van der Waals surface area contributed by atoms with E-state index in [-0.39, 0.29) is 5.91 Å². The highest BCUT2D eigenvalue weighted by Gasteiger charge is 2.08. The molecule has 1 heterocycles. The quantitative estimate of drug-likeness (QED) is 0.566. The molecule has 0 unspecified atom stereocenters. The molecule has 24 heavy (non-hydrogen) atoms. The van der Waals surface area contributed by atoms with E-state index in [1.54, 1.807) is 18.0 Å². The summed E-state index contributed by atoms with van der Waals surface area (Å²) < 4.78 is 0. The third-order valence-corrected chi connectivity index (χ3v) is 4.98. The monoisotopic (exact) mass is 363 g/mol. The summed E-state index contributed by atoms with van der Waals surface area (Å²) >= 11 is 7.88. The van der Waals surface area contributed by atoms with Crippen molar-refractivity contribution in [3.63, 3.8) is 0 Å². The van der Waals surface area contributed by atoms with Crippen LogP contribution in [0.1, 0.15) is 12.0 Å².